The molecule has 2 unspecified atom stereocenters. The SMILES string of the molecule is CCC1CCCC(c2noc(-c3ccc(C#N)cc3)n2)C1. The molecule has 2 aromatic rings. The van der Waals surface area contributed by atoms with Gasteiger partial charge in [-0.2, -0.15) is 10.2 Å². The quantitative estimate of drug-likeness (QED) is 0.841. The fraction of sp³-hybridized carbons (Fsp3) is 0.471. The highest BCUT2D eigenvalue weighted by molar-refractivity contribution is 5.54. The summed E-state index contributed by atoms with van der Waals surface area (Å²) in [4.78, 5) is 4.57. The molecule has 0 spiro atoms. The van der Waals surface area contributed by atoms with Crippen LogP contribution in [0.4, 0.5) is 0 Å². The monoisotopic (exact) mass is 281 g/mol. The first kappa shape index (κ1) is 13.8. The van der Waals surface area contributed by atoms with Crippen LogP contribution in [0.1, 0.15) is 56.3 Å². The molecular weight excluding hydrogens is 262 g/mol. The highest BCUT2D eigenvalue weighted by Crippen LogP contribution is 2.36. The standard InChI is InChI=1S/C17H19N3O/c1-2-12-4-3-5-15(10-12)16-19-17(21-20-16)14-8-6-13(11-18)7-9-14/h6-9,12,15H,2-5,10H2,1H3. The van der Waals surface area contributed by atoms with Gasteiger partial charge in [0.2, 0.25) is 0 Å². The van der Waals surface area contributed by atoms with E-state index in [1.807, 2.05) is 12.1 Å². The molecule has 0 radical (unpaired) electrons. The molecule has 0 amide bonds. The maximum absolute atomic E-state index is 8.82. The van der Waals surface area contributed by atoms with E-state index in [-0.39, 0.29) is 0 Å². The van der Waals surface area contributed by atoms with Crippen LogP contribution in [0.5, 0.6) is 0 Å². The van der Waals surface area contributed by atoms with E-state index >= 15 is 0 Å². The Morgan fingerprint density at radius 2 is 2.10 bits per heavy atom. The Morgan fingerprint density at radius 1 is 1.29 bits per heavy atom. The first-order chi connectivity index (χ1) is 10.3. The molecule has 1 aliphatic carbocycles. The molecule has 4 heteroatoms. The third kappa shape index (κ3) is 2.97. The van der Waals surface area contributed by atoms with E-state index in [9.17, 15) is 0 Å². The lowest BCUT2D eigenvalue weighted by atomic mass is 9.80. The maximum Gasteiger partial charge on any atom is 0.257 e. The molecule has 0 saturated heterocycles. The van der Waals surface area contributed by atoms with Gasteiger partial charge in [0.05, 0.1) is 11.6 Å². The van der Waals surface area contributed by atoms with Gasteiger partial charge in [0.15, 0.2) is 5.82 Å². The highest BCUT2D eigenvalue weighted by atomic mass is 16.5. The lowest BCUT2D eigenvalue weighted by Gasteiger charge is -2.26. The Morgan fingerprint density at radius 3 is 2.81 bits per heavy atom. The molecule has 1 aromatic carbocycles. The predicted molar refractivity (Wildman–Crippen MR) is 79.4 cm³/mol. The van der Waals surface area contributed by atoms with Crippen molar-refractivity contribution in [3.8, 4) is 17.5 Å². The molecule has 0 bridgehead atoms. The van der Waals surface area contributed by atoms with Gasteiger partial charge in [-0.25, -0.2) is 0 Å². The Balaban J connectivity index is 1.77. The summed E-state index contributed by atoms with van der Waals surface area (Å²) < 4.78 is 5.40. The molecule has 3 rings (SSSR count). The molecule has 0 N–H and O–H groups in total. The third-order valence-corrected chi connectivity index (χ3v) is 4.43. The lowest BCUT2D eigenvalue weighted by molar-refractivity contribution is 0.300. The van der Waals surface area contributed by atoms with Crippen molar-refractivity contribution in [2.24, 2.45) is 5.92 Å². The van der Waals surface area contributed by atoms with Gasteiger partial charge in [0.1, 0.15) is 0 Å². The van der Waals surface area contributed by atoms with Crippen molar-refractivity contribution in [3.05, 3.63) is 35.7 Å². The molecule has 108 valence electrons. The zero-order chi connectivity index (χ0) is 14.7. The van der Waals surface area contributed by atoms with Gasteiger partial charge >= 0.3 is 0 Å². The number of hydrogen-bond donors (Lipinski definition) is 0. The number of rotatable bonds is 3. The van der Waals surface area contributed by atoms with Gasteiger partial charge in [0, 0.05) is 11.5 Å². The molecule has 0 aliphatic heterocycles. The largest absolute Gasteiger partial charge is 0.334 e. The van der Waals surface area contributed by atoms with Crippen LogP contribution in [0.2, 0.25) is 0 Å². The summed E-state index contributed by atoms with van der Waals surface area (Å²) in [5.74, 6) is 2.61. The first-order valence-electron chi connectivity index (χ1n) is 7.64. The van der Waals surface area contributed by atoms with Crippen molar-refractivity contribution in [3.63, 3.8) is 0 Å². The lowest BCUT2D eigenvalue weighted by Crippen LogP contribution is -2.14. The topological polar surface area (TPSA) is 62.7 Å². The zero-order valence-electron chi connectivity index (χ0n) is 12.2. The van der Waals surface area contributed by atoms with Gasteiger partial charge in [0.25, 0.3) is 5.89 Å². The van der Waals surface area contributed by atoms with Crippen LogP contribution in [-0.4, -0.2) is 10.1 Å². The second-order valence-corrected chi connectivity index (χ2v) is 5.78. The fourth-order valence-corrected chi connectivity index (χ4v) is 3.10. The summed E-state index contributed by atoms with van der Waals surface area (Å²) in [6.07, 6.45) is 6.14. The summed E-state index contributed by atoms with van der Waals surface area (Å²) in [5, 5.41) is 13.0. The van der Waals surface area contributed by atoms with E-state index in [0.717, 1.165) is 23.7 Å². The Kier molecular flexibility index (Phi) is 4.01. The summed E-state index contributed by atoms with van der Waals surface area (Å²) in [5.41, 5.74) is 1.51. The first-order valence-corrected chi connectivity index (χ1v) is 7.64. The molecule has 1 aromatic heterocycles. The minimum Gasteiger partial charge on any atom is -0.334 e. The molecule has 1 saturated carbocycles. The molecule has 4 nitrogen and oxygen atoms in total. The summed E-state index contributed by atoms with van der Waals surface area (Å²) in [6.45, 7) is 2.26. The Labute approximate surface area is 124 Å². The van der Waals surface area contributed by atoms with Crippen molar-refractivity contribution in [2.75, 3.05) is 0 Å². The smallest absolute Gasteiger partial charge is 0.257 e. The van der Waals surface area contributed by atoms with Crippen molar-refractivity contribution in [1.82, 2.24) is 10.1 Å². The van der Waals surface area contributed by atoms with E-state index in [0.29, 0.717) is 17.4 Å². The van der Waals surface area contributed by atoms with Crippen LogP contribution in [0.15, 0.2) is 28.8 Å². The molecule has 1 aliphatic rings. The van der Waals surface area contributed by atoms with Crippen LogP contribution >= 0.6 is 0 Å². The van der Waals surface area contributed by atoms with E-state index in [2.05, 4.69) is 23.1 Å². The van der Waals surface area contributed by atoms with Gasteiger partial charge < -0.3 is 4.52 Å². The summed E-state index contributed by atoms with van der Waals surface area (Å²) >= 11 is 0. The zero-order valence-corrected chi connectivity index (χ0v) is 12.2. The molecule has 1 fully saturated rings. The van der Waals surface area contributed by atoms with Gasteiger partial charge in [-0.1, -0.05) is 31.3 Å². The van der Waals surface area contributed by atoms with Crippen molar-refractivity contribution in [1.29, 1.82) is 5.26 Å². The predicted octanol–water partition coefficient (Wildman–Crippen LogP) is 4.29. The number of nitrogens with zero attached hydrogens (tertiary/aromatic N) is 3. The van der Waals surface area contributed by atoms with Crippen LogP contribution < -0.4 is 0 Å². The minimum absolute atomic E-state index is 0.430. The van der Waals surface area contributed by atoms with Crippen LogP contribution in [-0.2, 0) is 0 Å². The molecule has 2 atom stereocenters. The third-order valence-electron chi connectivity index (χ3n) is 4.43. The maximum atomic E-state index is 8.82. The van der Waals surface area contributed by atoms with Gasteiger partial charge in [-0.3, -0.25) is 0 Å². The average molecular weight is 281 g/mol. The number of hydrogen-bond acceptors (Lipinski definition) is 4. The number of benzene rings is 1. The van der Waals surface area contributed by atoms with E-state index < -0.39 is 0 Å². The van der Waals surface area contributed by atoms with Crippen molar-refractivity contribution >= 4 is 0 Å². The van der Waals surface area contributed by atoms with Crippen LogP contribution in [0.3, 0.4) is 0 Å². The van der Waals surface area contributed by atoms with Crippen LogP contribution in [0, 0.1) is 17.2 Å². The molecular formula is C17H19N3O. The Hall–Kier alpha value is -2.15. The average Bonchev–Trinajstić information content (AvgIpc) is 3.05. The molecule has 21 heavy (non-hydrogen) atoms. The van der Waals surface area contributed by atoms with Crippen molar-refractivity contribution < 1.29 is 4.52 Å². The summed E-state index contributed by atoms with van der Waals surface area (Å²) in [7, 11) is 0. The van der Waals surface area contributed by atoms with Gasteiger partial charge in [-0.15, -0.1) is 0 Å². The Bertz CT molecular complexity index is 639. The highest BCUT2D eigenvalue weighted by Gasteiger charge is 2.26. The van der Waals surface area contributed by atoms with Gasteiger partial charge in [-0.05, 0) is 43.0 Å². The number of nitriles is 1. The minimum atomic E-state index is 0.430. The summed E-state index contributed by atoms with van der Waals surface area (Å²) in [6, 6.07) is 9.35. The number of aromatic nitrogens is 2. The van der Waals surface area contributed by atoms with Crippen molar-refractivity contribution in [2.45, 2.75) is 44.9 Å². The van der Waals surface area contributed by atoms with E-state index in [1.54, 1.807) is 12.1 Å². The normalized spacial score (nSPS) is 21.9. The second kappa shape index (κ2) is 6.09. The van der Waals surface area contributed by atoms with E-state index in [4.69, 9.17) is 9.78 Å². The molecule has 1 heterocycles. The van der Waals surface area contributed by atoms with Crippen LogP contribution in [0.25, 0.3) is 11.5 Å². The second-order valence-electron chi connectivity index (χ2n) is 5.78. The fourth-order valence-electron chi connectivity index (χ4n) is 3.10. The van der Waals surface area contributed by atoms with E-state index in [1.165, 1.54) is 25.7 Å².